The number of nitrogens with zero attached hydrogens (tertiary/aromatic N) is 1. The van der Waals surface area contributed by atoms with Crippen molar-refractivity contribution in [3.05, 3.63) is 0 Å². The van der Waals surface area contributed by atoms with Crippen molar-refractivity contribution in [2.24, 2.45) is 0 Å². The molecule has 10 heteroatoms. The predicted molar refractivity (Wildman–Crippen MR) is 96.4 cm³/mol. The molecule has 2 aliphatic heterocycles. The Kier molecular flexibility index (Phi) is 7.54. The maximum Gasteiger partial charge on any atom is 0.237 e. The summed E-state index contributed by atoms with van der Waals surface area (Å²) in [5.74, 6) is 0.0988. The van der Waals surface area contributed by atoms with Gasteiger partial charge in [0.2, 0.25) is 5.91 Å². The molecule has 2 heterocycles. The van der Waals surface area contributed by atoms with Crippen molar-refractivity contribution in [3.8, 4) is 0 Å². The fourth-order valence-electron chi connectivity index (χ4n) is 3.31. The first kappa shape index (κ1) is 20.9. The minimum Gasteiger partial charge on any atom is -0.377 e. The number of amides is 1. The van der Waals surface area contributed by atoms with Crippen LogP contribution in [0.4, 0.5) is 0 Å². The van der Waals surface area contributed by atoms with Gasteiger partial charge in [0.15, 0.2) is 19.7 Å². The Balaban J connectivity index is 1.66. The van der Waals surface area contributed by atoms with Crippen LogP contribution in [-0.4, -0.2) is 81.8 Å². The van der Waals surface area contributed by atoms with Crippen LogP contribution in [0.2, 0.25) is 0 Å². The van der Waals surface area contributed by atoms with E-state index in [9.17, 15) is 21.6 Å². The first-order valence-electron chi connectivity index (χ1n) is 8.60. The second-order valence-corrected chi connectivity index (χ2v) is 11.5. The first-order chi connectivity index (χ1) is 11.7. The number of carbonyl (C=O) groups is 1. The normalized spacial score (nSPS) is 27.4. The van der Waals surface area contributed by atoms with Crippen LogP contribution in [0.25, 0.3) is 0 Å². The predicted octanol–water partition coefficient (Wildman–Crippen LogP) is 0.615. The van der Waals surface area contributed by atoms with E-state index in [0.717, 1.165) is 19.3 Å². The van der Waals surface area contributed by atoms with Gasteiger partial charge >= 0.3 is 0 Å². The first-order valence-corrected chi connectivity index (χ1v) is 12.8. The number of unbranched alkanes of at least 4 members (excludes halogenated alkanes) is 2. The van der Waals surface area contributed by atoms with E-state index in [1.807, 2.05) is 0 Å². The fourth-order valence-corrected chi connectivity index (χ4v) is 6.81. The number of halogens is 1. The molecule has 0 aromatic rings. The van der Waals surface area contributed by atoms with Gasteiger partial charge in [0, 0.05) is 19.2 Å². The number of sulfone groups is 2. The largest absolute Gasteiger partial charge is 0.377 e. The van der Waals surface area contributed by atoms with Gasteiger partial charge in [0.25, 0.3) is 0 Å². The number of rotatable bonds is 9. The molecule has 2 saturated heterocycles. The molecule has 0 unspecified atom stereocenters. The maximum atomic E-state index is 12.0. The Bertz CT molecular complexity index is 664. The van der Waals surface area contributed by atoms with Crippen LogP contribution in [0.15, 0.2) is 0 Å². The quantitative estimate of drug-likeness (QED) is 0.404. The van der Waals surface area contributed by atoms with Crippen LogP contribution in [0.5, 0.6) is 0 Å². The second-order valence-electron chi connectivity index (χ2n) is 6.73. The molecular weight excluding hydrogens is 390 g/mol. The van der Waals surface area contributed by atoms with Crippen molar-refractivity contribution in [2.75, 3.05) is 42.0 Å². The summed E-state index contributed by atoms with van der Waals surface area (Å²) in [6.07, 6.45) is 3.20. The van der Waals surface area contributed by atoms with Crippen LogP contribution < -0.4 is 0 Å². The van der Waals surface area contributed by atoms with Crippen LogP contribution >= 0.6 is 11.6 Å². The summed E-state index contributed by atoms with van der Waals surface area (Å²) in [4.78, 5) is 13.6. The Morgan fingerprint density at radius 2 is 1.68 bits per heavy atom. The highest BCUT2D eigenvalue weighted by Crippen LogP contribution is 2.19. The summed E-state index contributed by atoms with van der Waals surface area (Å²) in [5.41, 5.74) is 0. The molecule has 2 rings (SSSR count). The van der Waals surface area contributed by atoms with Gasteiger partial charge in [-0.25, -0.2) is 16.8 Å². The lowest BCUT2D eigenvalue weighted by Gasteiger charge is -2.27. The number of alkyl halides is 1. The minimum absolute atomic E-state index is 0.0227. The van der Waals surface area contributed by atoms with E-state index in [0.29, 0.717) is 26.0 Å². The molecule has 0 aromatic heterocycles. The molecular formula is C15H26ClNO6S2. The van der Waals surface area contributed by atoms with E-state index in [1.54, 1.807) is 4.90 Å². The third kappa shape index (κ3) is 6.69. The molecule has 2 fully saturated rings. The SMILES string of the molecule is O=C(CCl)N(CCCCCO[C@H]1CCS(=O)(=O)C1)[C@@H]1CCS(=O)(=O)C1. The fraction of sp³-hybridized carbons (Fsp3) is 0.933. The van der Waals surface area contributed by atoms with E-state index < -0.39 is 19.7 Å². The molecule has 0 aliphatic carbocycles. The zero-order chi connectivity index (χ0) is 18.5. The summed E-state index contributed by atoms with van der Waals surface area (Å²) >= 11 is 5.64. The van der Waals surface area contributed by atoms with Crippen molar-refractivity contribution in [1.82, 2.24) is 4.90 Å². The smallest absolute Gasteiger partial charge is 0.237 e. The van der Waals surface area contributed by atoms with E-state index >= 15 is 0 Å². The molecule has 1 amide bonds. The molecule has 2 aliphatic rings. The zero-order valence-electron chi connectivity index (χ0n) is 14.2. The number of carbonyl (C=O) groups excluding carboxylic acids is 1. The molecule has 7 nitrogen and oxygen atoms in total. The average Bonchev–Trinajstić information content (AvgIpc) is 3.07. The molecule has 2 atom stereocenters. The van der Waals surface area contributed by atoms with Gasteiger partial charge in [-0.1, -0.05) is 0 Å². The summed E-state index contributed by atoms with van der Waals surface area (Å²) < 4.78 is 51.5. The minimum atomic E-state index is -3.05. The molecule has 0 N–H and O–H groups in total. The molecule has 0 spiro atoms. The van der Waals surface area contributed by atoms with Crippen molar-refractivity contribution < 1.29 is 26.4 Å². The second kappa shape index (κ2) is 9.01. The van der Waals surface area contributed by atoms with Crippen LogP contribution in [0.1, 0.15) is 32.1 Å². The Morgan fingerprint density at radius 3 is 2.24 bits per heavy atom. The Labute approximate surface area is 154 Å². The third-order valence-electron chi connectivity index (χ3n) is 4.67. The van der Waals surface area contributed by atoms with Gasteiger partial charge < -0.3 is 9.64 Å². The number of hydrogen-bond donors (Lipinski definition) is 0. The lowest BCUT2D eigenvalue weighted by Crippen LogP contribution is -2.42. The van der Waals surface area contributed by atoms with Gasteiger partial charge in [-0.15, -0.1) is 11.6 Å². The molecule has 146 valence electrons. The molecule has 0 aromatic carbocycles. The monoisotopic (exact) mass is 415 g/mol. The van der Waals surface area contributed by atoms with Crippen molar-refractivity contribution in [3.63, 3.8) is 0 Å². The lowest BCUT2D eigenvalue weighted by atomic mass is 10.1. The molecule has 0 bridgehead atoms. The third-order valence-corrected chi connectivity index (χ3v) is 8.39. The van der Waals surface area contributed by atoms with E-state index in [4.69, 9.17) is 16.3 Å². The van der Waals surface area contributed by atoms with E-state index in [1.165, 1.54) is 0 Å². The van der Waals surface area contributed by atoms with Gasteiger partial charge in [-0.05, 0) is 32.1 Å². The Hall–Kier alpha value is -0.380. The van der Waals surface area contributed by atoms with Crippen molar-refractivity contribution in [1.29, 1.82) is 0 Å². The summed E-state index contributed by atoms with van der Waals surface area (Å²) in [5, 5.41) is 0. The number of hydrogen-bond acceptors (Lipinski definition) is 6. The highest BCUT2D eigenvalue weighted by atomic mass is 35.5. The average molecular weight is 416 g/mol. The topological polar surface area (TPSA) is 97.8 Å². The van der Waals surface area contributed by atoms with Gasteiger partial charge in [-0.3, -0.25) is 4.79 Å². The molecule has 0 saturated carbocycles. The highest BCUT2D eigenvalue weighted by Gasteiger charge is 2.34. The summed E-state index contributed by atoms with van der Waals surface area (Å²) in [6.45, 7) is 0.991. The lowest BCUT2D eigenvalue weighted by molar-refractivity contribution is -0.130. The molecule has 25 heavy (non-hydrogen) atoms. The standard InChI is InChI=1S/C15H26ClNO6S2/c16-10-15(18)17(13-4-8-24(19,20)11-13)6-2-1-3-7-23-14-5-9-25(21,22)12-14/h13-14H,1-12H2/t13-,14+/m1/s1. The van der Waals surface area contributed by atoms with Crippen LogP contribution in [-0.2, 0) is 29.2 Å². The summed E-state index contributed by atoms with van der Waals surface area (Å²) in [7, 11) is -5.96. The van der Waals surface area contributed by atoms with Crippen LogP contribution in [0, 0.1) is 0 Å². The highest BCUT2D eigenvalue weighted by molar-refractivity contribution is 7.91. The molecule has 0 radical (unpaired) electrons. The van der Waals surface area contributed by atoms with E-state index in [2.05, 4.69) is 0 Å². The van der Waals surface area contributed by atoms with Crippen molar-refractivity contribution >= 4 is 37.2 Å². The van der Waals surface area contributed by atoms with Crippen LogP contribution in [0.3, 0.4) is 0 Å². The van der Waals surface area contributed by atoms with E-state index in [-0.39, 0.29) is 46.9 Å². The van der Waals surface area contributed by atoms with Gasteiger partial charge in [0.1, 0.15) is 5.88 Å². The zero-order valence-corrected chi connectivity index (χ0v) is 16.6. The number of ether oxygens (including phenoxy) is 1. The van der Waals surface area contributed by atoms with Crippen molar-refractivity contribution in [2.45, 2.75) is 44.2 Å². The summed E-state index contributed by atoms with van der Waals surface area (Å²) in [6, 6.07) is -0.267. The maximum absolute atomic E-state index is 12.0. The van der Waals surface area contributed by atoms with Gasteiger partial charge in [-0.2, -0.15) is 0 Å². The Morgan fingerprint density at radius 1 is 1.00 bits per heavy atom. The van der Waals surface area contributed by atoms with Gasteiger partial charge in [0.05, 0.1) is 29.1 Å².